The molecule has 0 heterocycles. The molecule has 8 aliphatic carbocycles. The zero-order chi connectivity index (χ0) is 46.7. The molecule has 0 aliphatic heterocycles. The van der Waals surface area contributed by atoms with Crippen LogP contribution in [-0.4, -0.2) is 0 Å². The van der Waals surface area contributed by atoms with Crippen molar-refractivity contribution in [3.05, 3.63) is 158 Å². The zero-order valence-electron chi connectivity index (χ0n) is 40.2. The molecule has 0 aromatic heterocycles. The fraction of sp³-hybridized carbons (Fsp3) is 0.0513. The monoisotopic (exact) mass is 952 g/mol. The van der Waals surface area contributed by atoms with E-state index in [0.29, 0.717) is 0 Å². The van der Waals surface area contributed by atoms with E-state index in [1.54, 1.807) is 303 Å². The van der Waals surface area contributed by atoms with Gasteiger partial charge in [-0.05, 0) is 320 Å². The summed E-state index contributed by atoms with van der Waals surface area (Å²) in [5.74, 6) is 0.115. The second kappa shape index (κ2) is 7.18. The fourth-order valence-corrected chi connectivity index (χ4v) is 27.4. The molecule has 0 unspecified atom stereocenters. The van der Waals surface area contributed by atoms with E-state index >= 15 is 0 Å². The summed E-state index contributed by atoms with van der Waals surface area (Å²) in [6.45, 7) is 0. The van der Waals surface area contributed by atoms with E-state index < -0.39 is 16.2 Å². The van der Waals surface area contributed by atoms with E-state index in [4.69, 9.17) is 0 Å². The van der Waals surface area contributed by atoms with Crippen molar-refractivity contribution in [1.29, 1.82) is 0 Å². The Balaban J connectivity index is 1.14. The molecule has 4 atom stereocenters. The van der Waals surface area contributed by atoms with Gasteiger partial charge in [-0.15, -0.1) is 0 Å². The average Bonchev–Trinajstić information content (AvgIpc) is 1.57. The van der Waals surface area contributed by atoms with Crippen molar-refractivity contribution in [2.75, 3.05) is 0 Å². The number of allylic oxidation sites excluding steroid dienone is 2. The fourth-order valence-electron chi connectivity index (χ4n) is 27.4. The molecule has 0 heteroatoms. The third kappa shape index (κ3) is 1.68. The molecule has 0 amide bonds. The lowest BCUT2D eigenvalue weighted by Crippen LogP contribution is -2.51. The molecule has 0 bridgehead atoms. The smallest absolute Gasteiger partial charge is 0.0622 e. The van der Waals surface area contributed by atoms with Gasteiger partial charge in [0, 0.05) is 5.92 Å². The SMILES string of the molecule is c1ccc([C@@]23C4=C5c6c7c8c9c%10c%11c%12c(c2c2c%13c3c3c%14c%15c(c%16c6c6c8c8c9c9c%11c%11c%17c%12c2c2c%12c%13c%14c%13c%14c%15c%15c%16c6c6c8c8c9c%11c9c(c2%17)c(c%12%13)c2c%14c%15c6c8c29)[C@]53c2ccccc2)[C@]%10(c2ccccc2)[C@H]47)cc1. The summed E-state index contributed by atoms with van der Waals surface area (Å²) in [6, 6.07) is 37.3. The van der Waals surface area contributed by atoms with E-state index in [-0.39, 0.29) is 5.92 Å². The van der Waals surface area contributed by atoms with Crippen molar-refractivity contribution < 1.29 is 0 Å². The number of hydrogen-bond donors (Lipinski definition) is 0. The molecule has 35 rings (SSSR count). The van der Waals surface area contributed by atoms with E-state index in [1.165, 1.54) is 16.7 Å². The predicted octanol–water partition coefficient (Wildman–Crippen LogP) is 19.7. The Bertz CT molecular complexity index is 7880. The Kier molecular flexibility index (Phi) is 2.78. The minimum absolute atomic E-state index is 0.115. The van der Waals surface area contributed by atoms with Crippen LogP contribution >= 0.6 is 0 Å². The summed E-state index contributed by atoms with van der Waals surface area (Å²) in [7, 11) is 0. The first kappa shape index (κ1) is 30.2. The van der Waals surface area contributed by atoms with Crippen molar-refractivity contribution in [2.45, 2.75) is 22.2 Å². The van der Waals surface area contributed by atoms with E-state index in [1.807, 2.05) is 0 Å². The van der Waals surface area contributed by atoms with Gasteiger partial charge in [0.25, 0.3) is 0 Å². The zero-order valence-corrected chi connectivity index (χ0v) is 40.2. The average molecular weight is 953 g/mol. The lowest BCUT2D eigenvalue weighted by Gasteiger charge is -2.57. The van der Waals surface area contributed by atoms with Crippen molar-refractivity contribution in [3.8, 4) is 0 Å². The largest absolute Gasteiger partial charge is 0.0730 e. The van der Waals surface area contributed by atoms with Gasteiger partial charge in [-0.25, -0.2) is 0 Å². The number of benzene rings is 19. The molecule has 0 fully saturated rings. The standard InChI is InChI=1S/C78H16/c1-4-10-16(11-5-1)76-67-57-47-41-27-25-20-19-21-23-24-22(19)30-32-26(20)28(27)42-44-43(41)55(57)65-66-56(44)58-48(42)46(32)50-36(30)38-34(24)40-39-33(23)37-35-29(21)31(25)45(47)49(35)59(67)61-51(37)53(39)63-64-54(40)52(38)62-60(50)68(58)77(17-12-6-2-7-13-17)70(62)72(64)78(71(63)69(61)76,18-14-8-3-9-15-18)75(73(65)76)74(66)77/h1-15,73H/t73-,76+,77-,78+/m0/s1. The summed E-state index contributed by atoms with van der Waals surface area (Å²) in [6.07, 6.45) is 0. The molecular weight excluding hydrogens is 937 g/mol. The topological polar surface area (TPSA) is 0 Å². The van der Waals surface area contributed by atoms with Crippen LogP contribution in [0.3, 0.4) is 0 Å². The maximum atomic E-state index is 2.63. The molecule has 8 aliphatic rings. The number of hydrogen-bond acceptors (Lipinski definition) is 0. The lowest BCUT2D eigenvalue weighted by molar-refractivity contribution is 0.464. The van der Waals surface area contributed by atoms with Gasteiger partial charge in [-0.1, -0.05) is 91.0 Å². The molecule has 328 valence electrons. The van der Waals surface area contributed by atoms with Crippen molar-refractivity contribution >= 4 is 253 Å². The Morgan fingerprint density at radius 1 is 0.205 bits per heavy atom. The normalized spacial score (nSPS) is 24.4. The summed E-state index contributed by atoms with van der Waals surface area (Å²) in [4.78, 5) is 0. The highest BCUT2D eigenvalue weighted by Crippen LogP contribution is 2.89. The summed E-state index contributed by atoms with van der Waals surface area (Å²) >= 11 is 0. The molecule has 0 saturated heterocycles. The lowest BCUT2D eigenvalue weighted by atomic mass is 9.43. The highest BCUT2D eigenvalue weighted by atomic mass is 14.8. The molecule has 78 heavy (non-hydrogen) atoms. The van der Waals surface area contributed by atoms with Gasteiger partial charge in [0.1, 0.15) is 0 Å². The van der Waals surface area contributed by atoms with E-state index in [9.17, 15) is 0 Å². The molecule has 0 spiro atoms. The number of rotatable bonds is 3. The molecule has 0 N–H and O–H groups in total. The molecule has 0 radical (unpaired) electrons. The van der Waals surface area contributed by atoms with Crippen molar-refractivity contribution in [2.24, 2.45) is 0 Å². The van der Waals surface area contributed by atoms with Crippen LogP contribution in [0, 0.1) is 0 Å². The molecular formula is C78H16. The first-order chi connectivity index (χ1) is 38.9. The second-order valence-electron chi connectivity index (χ2n) is 27.9. The summed E-state index contributed by atoms with van der Waals surface area (Å²) in [5, 5.41) is 75.8. The maximum absolute atomic E-state index is 2.63. The van der Waals surface area contributed by atoms with Crippen LogP contribution in [-0.2, 0) is 16.2 Å². The molecule has 0 saturated carbocycles. The van der Waals surface area contributed by atoms with Crippen molar-refractivity contribution in [1.82, 2.24) is 0 Å². The van der Waals surface area contributed by atoms with Gasteiger partial charge in [-0.3, -0.25) is 0 Å². The summed E-state index contributed by atoms with van der Waals surface area (Å²) in [5.41, 5.74) is 20.2. The minimum atomic E-state index is -0.495. The van der Waals surface area contributed by atoms with Gasteiger partial charge in [0.15, 0.2) is 0 Å². The van der Waals surface area contributed by atoms with Gasteiger partial charge >= 0.3 is 0 Å². The van der Waals surface area contributed by atoms with Gasteiger partial charge in [-0.2, -0.15) is 0 Å². The van der Waals surface area contributed by atoms with Crippen LogP contribution in [0.15, 0.2) is 96.6 Å². The van der Waals surface area contributed by atoms with Gasteiger partial charge in [0.2, 0.25) is 0 Å². The quantitative estimate of drug-likeness (QED) is 0.155. The molecule has 27 aromatic carbocycles. The molecule has 27 aromatic rings. The molecule has 0 nitrogen and oxygen atoms in total. The van der Waals surface area contributed by atoms with Crippen LogP contribution < -0.4 is 0 Å². The maximum Gasteiger partial charge on any atom is 0.0730 e. The Morgan fingerprint density at radius 3 is 0.897 bits per heavy atom. The van der Waals surface area contributed by atoms with E-state index in [0.717, 1.165) is 0 Å². The van der Waals surface area contributed by atoms with Gasteiger partial charge < -0.3 is 0 Å². The predicted molar refractivity (Wildman–Crippen MR) is 324 cm³/mol. The highest BCUT2D eigenvalue weighted by molar-refractivity contribution is 6.79. The Morgan fingerprint density at radius 2 is 0.474 bits per heavy atom. The van der Waals surface area contributed by atoms with E-state index in [2.05, 4.69) is 91.0 Å². The first-order valence-electron chi connectivity index (χ1n) is 29.1. The minimum Gasteiger partial charge on any atom is -0.0622 e. The Hall–Kier alpha value is -9.62. The van der Waals surface area contributed by atoms with Crippen LogP contribution in [0.25, 0.3) is 253 Å². The summed E-state index contributed by atoms with van der Waals surface area (Å²) < 4.78 is 0. The van der Waals surface area contributed by atoms with Crippen LogP contribution in [0.1, 0.15) is 67.1 Å². The Labute approximate surface area is 430 Å². The third-order valence-electron chi connectivity index (χ3n) is 27.5. The van der Waals surface area contributed by atoms with Crippen LogP contribution in [0.2, 0.25) is 0 Å². The van der Waals surface area contributed by atoms with Crippen LogP contribution in [0.4, 0.5) is 0 Å². The second-order valence-corrected chi connectivity index (χ2v) is 27.9. The highest BCUT2D eigenvalue weighted by Gasteiger charge is 2.75. The first-order valence-corrected chi connectivity index (χ1v) is 29.1. The third-order valence-corrected chi connectivity index (χ3v) is 27.5. The van der Waals surface area contributed by atoms with Crippen LogP contribution in [0.5, 0.6) is 0 Å². The van der Waals surface area contributed by atoms with Gasteiger partial charge in [0.05, 0.1) is 16.2 Å². The van der Waals surface area contributed by atoms with Crippen molar-refractivity contribution in [3.63, 3.8) is 0 Å².